The molecule has 0 spiro atoms. The quantitative estimate of drug-likeness (QED) is 0.219. The molecule has 2 amide bonds. The summed E-state index contributed by atoms with van der Waals surface area (Å²) < 4.78 is 21.7. The van der Waals surface area contributed by atoms with Crippen LogP contribution in [0.5, 0.6) is 5.75 Å². The van der Waals surface area contributed by atoms with Crippen molar-refractivity contribution >= 4 is 40.1 Å². The molecule has 1 atom stereocenters. The smallest absolute Gasteiger partial charge is 0.271 e. The van der Waals surface area contributed by atoms with Crippen molar-refractivity contribution in [3.8, 4) is 16.9 Å². The van der Waals surface area contributed by atoms with Crippen LogP contribution >= 0.6 is 11.6 Å². The molecule has 4 aromatic heterocycles. The van der Waals surface area contributed by atoms with Crippen LogP contribution in [-0.2, 0) is 17.8 Å². The first-order chi connectivity index (χ1) is 22.0. The van der Waals surface area contributed by atoms with Gasteiger partial charge in [0, 0.05) is 17.1 Å². The minimum atomic E-state index is -1.17. The van der Waals surface area contributed by atoms with Gasteiger partial charge >= 0.3 is 0 Å². The molecule has 1 saturated carbocycles. The van der Waals surface area contributed by atoms with Gasteiger partial charge in [0.15, 0.2) is 11.2 Å². The number of nitrogens with zero attached hydrogens (tertiary/aromatic N) is 6. The van der Waals surface area contributed by atoms with E-state index in [4.69, 9.17) is 27.1 Å². The molecule has 5 heterocycles. The third-order valence-corrected chi connectivity index (χ3v) is 8.79. The van der Waals surface area contributed by atoms with E-state index in [9.17, 15) is 14.0 Å². The lowest BCUT2D eigenvalue weighted by atomic mass is 9.92. The van der Waals surface area contributed by atoms with Crippen LogP contribution in [0.1, 0.15) is 67.1 Å². The predicted molar refractivity (Wildman–Crippen MR) is 171 cm³/mol. The second-order valence-corrected chi connectivity index (χ2v) is 12.8. The predicted octanol–water partition coefficient (Wildman–Crippen LogP) is 6.05. The second kappa shape index (κ2) is 11.2. The maximum atomic E-state index is 13.6. The van der Waals surface area contributed by atoms with Gasteiger partial charge in [0.2, 0.25) is 0 Å². The van der Waals surface area contributed by atoms with Crippen molar-refractivity contribution in [2.75, 3.05) is 4.90 Å². The molecule has 2 aliphatic rings. The number of hydrogen-bond acceptors (Lipinski definition) is 7. The Labute approximate surface area is 269 Å². The summed E-state index contributed by atoms with van der Waals surface area (Å²) in [6, 6.07) is 11.6. The highest BCUT2D eigenvalue weighted by atomic mass is 35.5. The van der Waals surface area contributed by atoms with Crippen LogP contribution in [0, 0.1) is 11.7 Å². The van der Waals surface area contributed by atoms with E-state index in [1.54, 1.807) is 60.1 Å². The summed E-state index contributed by atoms with van der Waals surface area (Å²) in [6.07, 6.45) is 7.08. The Morgan fingerprint density at radius 1 is 1.13 bits per heavy atom. The molecule has 0 saturated heterocycles. The van der Waals surface area contributed by atoms with Gasteiger partial charge in [-0.05, 0) is 87.9 Å². The lowest BCUT2D eigenvalue weighted by Crippen LogP contribution is -2.52. The van der Waals surface area contributed by atoms with Gasteiger partial charge in [-0.1, -0.05) is 17.7 Å². The number of hydrogen-bond donors (Lipinski definition) is 1. The summed E-state index contributed by atoms with van der Waals surface area (Å²) in [5.74, 6) is -0.355. The normalized spacial score (nSPS) is 16.3. The lowest BCUT2D eigenvalue weighted by molar-refractivity contribution is -0.132. The van der Waals surface area contributed by atoms with E-state index < -0.39 is 17.3 Å². The van der Waals surface area contributed by atoms with Gasteiger partial charge < -0.3 is 10.5 Å². The van der Waals surface area contributed by atoms with Crippen molar-refractivity contribution in [3.63, 3.8) is 0 Å². The number of ether oxygens (including phenoxy) is 1. The molecular formula is C34H31ClFN7O3. The van der Waals surface area contributed by atoms with Crippen LogP contribution < -0.4 is 15.4 Å². The minimum absolute atomic E-state index is 0.217. The zero-order valence-corrected chi connectivity index (χ0v) is 26.3. The highest BCUT2D eigenvalue weighted by Crippen LogP contribution is 2.44. The minimum Gasteiger partial charge on any atom is -0.476 e. The highest BCUT2D eigenvalue weighted by Gasteiger charge is 2.41. The highest BCUT2D eigenvalue weighted by molar-refractivity contribution is 6.30. The van der Waals surface area contributed by atoms with Crippen molar-refractivity contribution < 1.29 is 18.7 Å². The Kier molecular flexibility index (Phi) is 7.23. The Morgan fingerprint density at radius 2 is 1.93 bits per heavy atom. The average molecular weight is 640 g/mol. The molecule has 1 aliphatic heterocycles. The number of amides is 2. The van der Waals surface area contributed by atoms with Crippen molar-refractivity contribution in [1.82, 2.24) is 24.7 Å². The van der Waals surface area contributed by atoms with Crippen molar-refractivity contribution in [2.24, 2.45) is 11.7 Å². The van der Waals surface area contributed by atoms with Gasteiger partial charge in [-0.2, -0.15) is 5.10 Å². The summed E-state index contributed by atoms with van der Waals surface area (Å²) in [6.45, 7) is 5.56. The molecule has 7 rings (SSSR count). The largest absolute Gasteiger partial charge is 0.476 e. The number of nitrogens with two attached hydrogens (primary N) is 1. The SMILES string of the molecule is CC(c1ccc(F)cn1)n1ncc2c(-c3ccc4c(c3)OC(C)(C)C(=O)N4Cc3ccc(Cl)cn3)c(C(N)=O)c(CC3CC3)nc21. The number of fused-ring (bicyclic) bond motifs is 2. The molecule has 46 heavy (non-hydrogen) atoms. The van der Waals surface area contributed by atoms with E-state index in [2.05, 4.69) is 15.1 Å². The maximum Gasteiger partial charge on any atom is 0.271 e. The number of anilines is 1. The first-order valence-corrected chi connectivity index (χ1v) is 15.4. The number of benzene rings is 1. The van der Waals surface area contributed by atoms with E-state index in [0.717, 1.165) is 12.8 Å². The molecular weight excluding hydrogens is 609 g/mol. The standard InChI is InChI=1S/C34H31ClFN7O3/c1-18(25-10-8-22(36)15-39-25)43-32-24(16-40-43)29(30(31(37)44)26(41-32)12-19-4-5-19)20-6-11-27-28(13-20)46-34(2,3)33(45)42(27)17-23-9-7-21(35)14-38-23/h6-11,13-16,18-19H,4-5,12,17H2,1-3H3,(H2,37,44). The van der Waals surface area contributed by atoms with Crippen molar-refractivity contribution in [3.05, 3.63) is 94.5 Å². The molecule has 0 radical (unpaired) electrons. The van der Waals surface area contributed by atoms with Crippen LogP contribution in [0.25, 0.3) is 22.2 Å². The average Bonchev–Trinajstić information content (AvgIpc) is 3.74. The fourth-order valence-corrected chi connectivity index (χ4v) is 6.12. The van der Waals surface area contributed by atoms with Gasteiger partial charge in [-0.3, -0.25) is 24.5 Å². The molecule has 10 nitrogen and oxygen atoms in total. The fourth-order valence-electron chi connectivity index (χ4n) is 6.00. The van der Waals surface area contributed by atoms with E-state index in [1.807, 2.05) is 19.1 Å². The summed E-state index contributed by atoms with van der Waals surface area (Å²) in [4.78, 5) is 42.0. The molecule has 1 unspecified atom stereocenters. The molecule has 1 fully saturated rings. The van der Waals surface area contributed by atoms with Gasteiger partial charge in [0.1, 0.15) is 11.6 Å². The zero-order valence-electron chi connectivity index (χ0n) is 25.5. The van der Waals surface area contributed by atoms with E-state index in [0.29, 0.717) is 73.6 Å². The monoisotopic (exact) mass is 639 g/mol. The molecule has 0 bridgehead atoms. The first-order valence-electron chi connectivity index (χ1n) is 15.1. The number of rotatable bonds is 8. The number of aromatic nitrogens is 5. The summed E-state index contributed by atoms with van der Waals surface area (Å²) >= 11 is 6.04. The van der Waals surface area contributed by atoms with E-state index in [-0.39, 0.29) is 18.5 Å². The lowest BCUT2D eigenvalue weighted by Gasteiger charge is -2.39. The fraction of sp³-hybridized carbons (Fsp3) is 0.294. The summed E-state index contributed by atoms with van der Waals surface area (Å²) in [5, 5.41) is 5.79. The van der Waals surface area contributed by atoms with E-state index in [1.165, 1.54) is 12.3 Å². The second-order valence-electron chi connectivity index (χ2n) is 12.4. The number of carbonyl (C=O) groups excluding carboxylic acids is 2. The van der Waals surface area contributed by atoms with Gasteiger partial charge in [-0.25, -0.2) is 14.1 Å². The molecule has 12 heteroatoms. The maximum absolute atomic E-state index is 13.6. The number of halogens is 2. The van der Waals surface area contributed by atoms with E-state index >= 15 is 0 Å². The van der Waals surface area contributed by atoms with Gasteiger partial charge in [-0.15, -0.1) is 0 Å². The number of primary amides is 1. The number of pyridine rings is 3. The zero-order chi connectivity index (χ0) is 32.3. The Bertz CT molecular complexity index is 2010. The van der Waals surface area contributed by atoms with Crippen LogP contribution in [0.15, 0.2) is 61.1 Å². The van der Waals surface area contributed by atoms with Crippen LogP contribution in [0.4, 0.5) is 10.1 Å². The molecule has 2 N–H and O–H groups in total. The third-order valence-electron chi connectivity index (χ3n) is 8.56. The molecule has 234 valence electrons. The third kappa shape index (κ3) is 5.34. The Hall–Kier alpha value is -4.90. The van der Waals surface area contributed by atoms with Crippen molar-refractivity contribution in [2.45, 2.75) is 58.2 Å². The molecule has 1 aromatic carbocycles. The van der Waals surface area contributed by atoms with Crippen LogP contribution in [0.3, 0.4) is 0 Å². The van der Waals surface area contributed by atoms with Crippen LogP contribution in [-0.4, -0.2) is 42.1 Å². The van der Waals surface area contributed by atoms with Gasteiger partial charge in [0.25, 0.3) is 11.8 Å². The number of carbonyl (C=O) groups is 2. The first kappa shape index (κ1) is 29.8. The van der Waals surface area contributed by atoms with Crippen molar-refractivity contribution in [1.29, 1.82) is 0 Å². The van der Waals surface area contributed by atoms with Gasteiger partial charge in [0.05, 0.1) is 58.3 Å². The Balaban J connectivity index is 1.39. The Morgan fingerprint density at radius 3 is 2.61 bits per heavy atom. The topological polar surface area (TPSA) is 129 Å². The van der Waals surface area contributed by atoms with Crippen LogP contribution in [0.2, 0.25) is 5.02 Å². The summed E-state index contributed by atoms with van der Waals surface area (Å²) in [5.41, 5.74) is 9.50. The molecule has 1 aliphatic carbocycles. The summed E-state index contributed by atoms with van der Waals surface area (Å²) in [7, 11) is 0. The molecule has 5 aromatic rings.